The van der Waals surface area contributed by atoms with Gasteiger partial charge in [0.15, 0.2) is 5.16 Å². The Bertz CT molecular complexity index is 536. The van der Waals surface area contributed by atoms with Crippen LogP contribution in [0.25, 0.3) is 0 Å². The molecule has 7 heteroatoms. The smallest absolute Gasteiger partial charge is 0.197 e. The van der Waals surface area contributed by atoms with Gasteiger partial charge in [0.05, 0.1) is 5.69 Å². The second-order valence-electron chi connectivity index (χ2n) is 3.72. The van der Waals surface area contributed by atoms with Crippen LogP contribution >= 0.6 is 11.8 Å². The number of hydrogen-bond donors (Lipinski definition) is 1. The van der Waals surface area contributed by atoms with Crippen LogP contribution in [-0.4, -0.2) is 25.0 Å². The summed E-state index contributed by atoms with van der Waals surface area (Å²) >= 11 is 1.43. The molecule has 2 aromatic heterocycles. The summed E-state index contributed by atoms with van der Waals surface area (Å²) in [6.07, 6.45) is 1.65. The third-order valence-corrected chi connectivity index (χ3v) is 3.68. The normalized spacial score (nSPS) is 10.8. The molecule has 0 atom stereocenters. The van der Waals surface area contributed by atoms with E-state index in [1.807, 2.05) is 25.5 Å². The fourth-order valence-electron chi connectivity index (χ4n) is 1.41. The molecule has 0 unspecified atom stereocenters. The van der Waals surface area contributed by atoms with E-state index < -0.39 is 0 Å². The maximum absolute atomic E-state index is 5.76. The topological polar surface area (TPSA) is 82.5 Å². The van der Waals surface area contributed by atoms with Gasteiger partial charge in [0.2, 0.25) is 0 Å². The Morgan fingerprint density at radius 2 is 2.06 bits per heavy atom. The van der Waals surface area contributed by atoms with E-state index >= 15 is 0 Å². The van der Waals surface area contributed by atoms with Gasteiger partial charge >= 0.3 is 0 Å². The molecule has 2 heterocycles. The van der Waals surface area contributed by atoms with Gasteiger partial charge in [-0.1, -0.05) is 0 Å². The SMILES string of the molecule is Cc1nnc(Sc2nncn2C)c(CN)c1C. The summed E-state index contributed by atoms with van der Waals surface area (Å²) in [5, 5.41) is 17.7. The highest BCUT2D eigenvalue weighted by atomic mass is 32.2. The molecular weight excluding hydrogens is 236 g/mol. The minimum Gasteiger partial charge on any atom is -0.326 e. The van der Waals surface area contributed by atoms with Crippen molar-refractivity contribution in [2.75, 3.05) is 0 Å². The molecule has 0 saturated carbocycles. The molecule has 0 saturated heterocycles. The first-order chi connectivity index (χ1) is 8.13. The van der Waals surface area contributed by atoms with E-state index in [2.05, 4.69) is 20.4 Å². The van der Waals surface area contributed by atoms with Crippen LogP contribution in [-0.2, 0) is 13.6 Å². The quantitative estimate of drug-likeness (QED) is 0.869. The van der Waals surface area contributed by atoms with E-state index in [-0.39, 0.29) is 0 Å². The molecule has 0 amide bonds. The molecule has 0 aliphatic carbocycles. The maximum Gasteiger partial charge on any atom is 0.197 e. The molecule has 0 aliphatic rings. The van der Waals surface area contributed by atoms with Crippen LogP contribution in [0, 0.1) is 13.8 Å². The largest absolute Gasteiger partial charge is 0.326 e. The van der Waals surface area contributed by atoms with E-state index in [1.54, 1.807) is 6.33 Å². The van der Waals surface area contributed by atoms with Crippen molar-refractivity contribution in [3.63, 3.8) is 0 Å². The summed E-state index contributed by atoms with van der Waals surface area (Å²) in [7, 11) is 1.89. The lowest BCUT2D eigenvalue weighted by atomic mass is 10.1. The van der Waals surface area contributed by atoms with Gasteiger partial charge in [0.25, 0.3) is 0 Å². The van der Waals surface area contributed by atoms with Crippen LogP contribution in [0.2, 0.25) is 0 Å². The van der Waals surface area contributed by atoms with Crippen LogP contribution in [0.5, 0.6) is 0 Å². The summed E-state index contributed by atoms with van der Waals surface area (Å²) in [5.41, 5.74) is 8.78. The lowest BCUT2D eigenvalue weighted by Gasteiger charge is -2.09. The van der Waals surface area contributed by atoms with Crippen LogP contribution in [0.1, 0.15) is 16.8 Å². The molecular formula is C10H14N6S. The first-order valence-corrected chi connectivity index (χ1v) is 5.99. The van der Waals surface area contributed by atoms with E-state index in [1.165, 1.54) is 11.8 Å². The van der Waals surface area contributed by atoms with Crippen LogP contribution in [0.3, 0.4) is 0 Å². The van der Waals surface area contributed by atoms with Gasteiger partial charge in [-0.05, 0) is 31.2 Å². The van der Waals surface area contributed by atoms with Gasteiger partial charge in [0.1, 0.15) is 11.4 Å². The zero-order valence-corrected chi connectivity index (χ0v) is 10.8. The average Bonchev–Trinajstić information content (AvgIpc) is 2.70. The first kappa shape index (κ1) is 12.0. The Balaban J connectivity index is 2.40. The Morgan fingerprint density at radius 1 is 1.29 bits per heavy atom. The highest BCUT2D eigenvalue weighted by molar-refractivity contribution is 7.99. The number of nitrogens with two attached hydrogens (primary N) is 1. The van der Waals surface area contributed by atoms with Crippen molar-refractivity contribution >= 4 is 11.8 Å². The predicted octanol–water partition coefficient (Wildman–Crippen LogP) is 0.832. The van der Waals surface area contributed by atoms with Crippen molar-refractivity contribution in [3.05, 3.63) is 23.1 Å². The van der Waals surface area contributed by atoms with Gasteiger partial charge in [-0.15, -0.1) is 15.3 Å². The van der Waals surface area contributed by atoms with Crippen molar-refractivity contribution < 1.29 is 0 Å². The van der Waals surface area contributed by atoms with Crippen molar-refractivity contribution in [1.29, 1.82) is 0 Å². The van der Waals surface area contributed by atoms with E-state index in [0.29, 0.717) is 6.54 Å². The molecule has 2 aromatic rings. The third-order valence-electron chi connectivity index (χ3n) is 2.61. The Kier molecular flexibility index (Phi) is 3.39. The van der Waals surface area contributed by atoms with Crippen molar-refractivity contribution in [1.82, 2.24) is 25.0 Å². The molecule has 17 heavy (non-hydrogen) atoms. The monoisotopic (exact) mass is 250 g/mol. The molecule has 0 radical (unpaired) electrons. The van der Waals surface area contributed by atoms with Crippen molar-refractivity contribution in [3.8, 4) is 0 Å². The zero-order chi connectivity index (χ0) is 12.4. The van der Waals surface area contributed by atoms with Crippen molar-refractivity contribution in [2.24, 2.45) is 12.8 Å². The molecule has 0 aliphatic heterocycles. The number of rotatable bonds is 3. The minimum absolute atomic E-state index is 0.447. The number of aromatic nitrogens is 5. The molecule has 0 aromatic carbocycles. The fraction of sp³-hybridized carbons (Fsp3) is 0.400. The summed E-state index contributed by atoms with van der Waals surface area (Å²) in [6, 6.07) is 0. The van der Waals surface area contributed by atoms with Gasteiger partial charge in [0, 0.05) is 19.2 Å². The fourth-order valence-corrected chi connectivity index (χ4v) is 2.30. The molecule has 6 nitrogen and oxygen atoms in total. The summed E-state index contributed by atoms with van der Waals surface area (Å²) < 4.78 is 1.84. The van der Waals surface area contributed by atoms with Crippen LogP contribution < -0.4 is 5.73 Å². The first-order valence-electron chi connectivity index (χ1n) is 5.18. The van der Waals surface area contributed by atoms with Crippen molar-refractivity contribution in [2.45, 2.75) is 30.6 Å². The maximum atomic E-state index is 5.76. The molecule has 90 valence electrons. The van der Waals surface area contributed by atoms with E-state index in [4.69, 9.17) is 5.73 Å². The van der Waals surface area contributed by atoms with E-state index in [9.17, 15) is 0 Å². The molecule has 0 spiro atoms. The Hall–Kier alpha value is -1.47. The number of nitrogens with zero attached hydrogens (tertiary/aromatic N) is 5. The Morgan fingerprint density at radius 3 is 2.65 bits per heavy atom. The van der Waals surface area contributed by atoms with Crippen LogP contribution in [0.15, 0.2) is 16.5 Å². The summed E-state index contributed by atoms with van der Waals surface area (Å²) in [4.78, 5) is 0. The molecule has 0 fully saturated rings. The van der Waals surface area contributed by atoms with E-state index in [0.717, 1.165) is 27.0 Å². The van der Waals surface area contributed by atoms with Gasteiger partial charge < -0.3 is 10.3 Å². The molecule has 2 rings (SSSR count). The lowest BCUT2D eigenvalue weighted by molar-refractivity contribution is 0.776. The zero-order valence-electron chi connectivity index (χ0n) is 10.0. The second-order valence-corrected chi connectivity index (χ2v) is 4.68. The standard InChI is InChI=1S/C10H14N6S/c1-6-7(2)13-14-9(8(6)4-11)17-10-15-12-5-16(10)3/h5H,4,11H2,1-3H3. The molecule has 0 bridgehead atoms. The van der Waals surface area contributed by atoms with Gasteiger partial charge in [-0.25, -0.2) is 0 Å². The molecule has 2 N–H and O–H groups in total. The number of aryl methyl sites for hydroxylation is 2. The summed E-state index contributed by atoms with van der Waals surface area (Å²) in [6.45, 7) is 4.38. The summed E-state index contributed by atoms with van der Waals surface area (Å²) in [5.74, 6) is 0. The highest BCUT2D eigenvalue weighted by Crippen LogP contribution is 2.28. The van der Waals surface area contributed by atoms with Gasteiger partial charge in [-0.2, -0.15) is 5.10 Å². The minimum atomic E-state index is 0.447. The Labute approximate surface area is 104 Å². The highest BCUT2D eigenvalue weighted by Gasteiger charge is 2.13. The number of hydrogen-bond acceptors (Lipinski definition) is 6. The second kappa shape index (κ2) is 4.80. The average molecular weight is 250 g/mol. The van der Waals surface area contributed by atoms with Gasteiger partial charge in [-0.3, -0.25) is 0 Å². The lowest BCUT2D eigenvalue weighted by Crippen LogP contribution is -2.07. The third kappa shape index (κ3) is 2.29. The van der Waals surface area contributed by atoms with Crippen LogP contribution in [0.4, 0.5) is 0 Å². The predicted molar refractivity (Wildman–Crippen MR) is 64.5 cm³/mol.